The number of hydrogen-bond acceptors (Lipinski definition) is 4. The van der Waals surface area contributed by atoms with E-state index in [-0.39, 0.29) is 23.6 Å². The molecular weight excluding hydrogens is 276 g/mol. The Labute approximate surface area is 104 Å². The van der Waals surface area contributed by atoms with Gasteiger partial charge < -0.3 is 9.47 Å². The van der Waals surface area contributed by atoms with Gasteiger partial charge in [0.1, 0.15) is 4.48 Å². The van der Waals surface area contributed by atoms with E-state index in [1.165, 1.54) is 0 Å². The van der Waals surface area contributed by atoms with Crippen LogP contribution >= 0.6 is 15.9 Å². The molecule has 0 atom stereocenters. The van der Waals surface area contributed by atoms with Crippen LogP contribution in [-0.2, 0) is 19.1 Å². The molecular formula is C11H17BrO4. The first kappa shape index (κ1) is 15.2. The van der Waals surface area contributed by atoms with Crippen molar-refractivity contribution >= 4 is 27.9 Å². The first-order valence-electron chi connectivity index (χ1n) is 5.19. The van der Waals surface area contributed by atoms with E-state index in [9.17, 15) is 9.59 Å². The number of ether oxygens (including phenoxy) is 2. The molecule has 0 radical (unpaired) electrons. The fourth-order valence-electron chi connectivity index (χ4n) is 1.09. The van der Waals surface area contributed by atoms with Crippen LogP contribution in [0.1, 0.15) is 27.7 Å². The van der Waals surface area contributed by atoms with Crippen LogP contribution in [-0.4, -0.2) is 25.2 Å². The number of esters is 2. The summed E-state index contributed by atoms with van der Waals surface area (Å²) in [6.07, 6.45) is 0. The minimum Gasteiger partial charge on any atom is -0.463 e. The summed E-state index contributed by atoms with van der Waals surface area (Å²) in [5, 5.41) is 0. The summed E-state index contributed by atoms with van der Waals surface area (Å²) < 4.78 is 9.83. The summed E-state index contributed by atoms with van der Waals surface area (Å²) >= 11 is 3.09. The second kappa shape index (κ2) is 7.44. The molecule has 0 aliphatic heterocycles. The predicted octanol–water partition coefficient (Wildman–Crippen LogP) is 2.42. The summed E-state index contributed by atoms with van der Waals surface area (Å²) in [7, 11) is 0. The largest absolute Gasteiger partial charge is 0.463 e. The topological polar surface area (TPSA) is 52.6 Å². The van der Waals surface area contributed by atoms with Gasteiger partial charge >= 0.3 is 11.9 Å². The Morgan fingerprint density at radius 3 is 1.88 bits per heavy atom. The molecule has 0 bridgehead atoms. The van der Waals surface area contributed by atoms with Crippen LogP contribution in [0.25, 0.3) is 0 Å². The monoisotopic (exact) mass is 292 g/mol. The normalized spacial score (nSPS) is 12.1. The van der Waals surface area contributed by atoms with E-state index in [0.29, 0.717) is 5.57 Å². The lowest BCUT2D eigenvalue weighted by molar-refractivity contribution is -0.141. The van der Waals surface area contributed by atoms with Crippen molar-refractivity contribution < 1.29 is 19.1 Å². The van der Waals surface area contributed by atoms with Gasteiger partial charge in [-0.2, -0.15) is 0 Å². The van der Waals surface area contributed by atoms with Crippen molar-refractivity contribution in [3.63, 3.8) is 0 Å². The number of carbonyl (C=O) groups excluding carboxylic acids is 2. The van der Waals surface area contributed by atoms with Gasteiger partial charge in [-0.15, -0.1) is 0 Å². The Hall–Kier alpha value is -0.840. The lowest BCUT2D eigenvalue weighted by Crippen LogP contribution is -2.17. The van der Waals surface area contributed by atoms with Gasteiger partial charge in [0, 0.05) is 0 Å². The van der Waals surface area contributed by atoms with Crippen LogP contribution in [0.5, 0.6) is 0 Å². The molecule has 0 unspecified atom stereocenters. The second-order valence-corrected chi connectivity index (χ2v) is 4.12. The van der Waals surface area contributed by atoms with Crippen LogP contribution in [0.15, 0.2) is 10.1 Å². The molecule has 92 valence electrons. The molecule has 0 spiro atoms. The minimum absolute atomic E-state index is 0.113. The zero-order valence-electron chi connectivity index (χ0n) is 10.0. The molecule has 0 fully saturated rings. The molecule has 0 aromatic heterocycles. The van der Waals surface area contributed by atoms with Crippen molar-refractivity contribution in [1.82, 2.24) is 0 Å². The SMILES string of the molecule is CCOC(=O)/C(Br)=C(\C(=O)OCC)C(C)C. The zero-order valence-corrected chi connectivity index (χ0v) is 11.6. The van der Waals surface area contributed by atoms with Crippen molar-refractivity contribution in [3.8, 4) is 0 Å². The van der Waals surface area contributed by atoms with E-state index in [2.05, 4.69) is 15.9 Å². The quantitative estimate of drug-likeness (QED) is 0.577. The molecule has 0 aromatic carbocycles. The van der Waals surface area contributed by atoms with E-state index >= 15 is 0 Å². The number of rotatable bonds is 5. The van der Waals surface area contributed by atoms with Crippen LogP contribution in [0.4, 0.5) is 0 Å². The molecule has 0 saturated heterocycles. The molecule has 0 amide bonds. The zero-order chi connectivity index (χ0) is 12.7. The highest BCUT2D eigenvalue weighted by atomic mass is 79.9. The maximum atomic E-state index is 11.6. The smallest absolute Gasteiger partial charge is 0.345 e. The molecule has 5 heteroatoms. The first-order chi connectivity index (χ1) is 7.45. The van der Waals surface area contributed by atoms with Crippen molar-refractivity contribution in [2.24, 2.45) is 5.92 Å². The number of carbonyl (C=O) groups is 2. The highest BCUT2D eigenvalue weighted by Crippen LogP contribution is 2.22. The second-order valence-electron chi connectivity index (χ2n) is 3.32. The third-order valence-corrected chi connectivity index (χ3v) is 2.51. The summed E-state index contributed by atoms with van der Waals surface area (Å²) in [5.41, 5.74) is 0.306. The fourth-order valence-corrected chi connectivity index (χ4v) is 1.83. The van der Waals surface area contributed by atoms with E-state index in [1.807, 2.05) is 13.8 Å². The van der Waals surface area contributed by atoms with Gasteiger partial charge in [0.05, 0.1) is 18.8 Å². The molecule has 0 saturated carbocycles. The Kier molecular flexibility index (Phi) is 7.05. The minimum atomic E-state index is -0.542. The van der Waals surface area contributed by atoms with Gasteiger partial charge in [0.15, 0.2) is 0 Å². The van der Waals surface area contributed by atoms with E-state index < -0.39 is 11.9 Å². The van der Waals surface area contributed by atoms with E-state index in [4.69, 9.17) is 9.47 Å². The maximum Gasteiger partial charge on any atom is 0.345 e. The lowest BCUT2D eigenvalue weighted by atomic mass is 10.0. The maximum absolute atomic E-state index is 11.6. The average molecular weight is 293 g/mol. The van der Waals surface area contributed by atoms with E-state index in [0.717, 1.165) is 0 Å². The Bertz CT molecular complexity index is 294. The number of halogens is 1. The molecule has 0 rings (SSSR count). The summed E-state index contributed by atoms with van der Waals surface area (Å²) in [4.78, 5) is 23.1. The Balaban J connectivity index is 5.07. The Morgan fingerprint density at radius 1 is 1.06 bits per heavy atom. The van der Waals surface area contributed by atoms with Gasteiger partial charge in [-0.1, -0.05) is 13.8 Å². The average Bonchev–Trinajstić information content (AvgIpc) is 2.17. The van der Waals surface area contributed by atoms with Crippen LogP contribution in [0.2, 0.25) is 0 Å². The summed E-state index contributed by atoms with van der Waals surface area (Å²) in [6, 6.07) is 0. The summed E-state index contributed by atoms with van der Waals surface area (Å²) in [6.45, 7) is 7.59. The van der Waals surface area contributed by atoms with Crippen molar-refractivity contribution in [1.29, 1.82) is 0 Å². The van der Waals surface area contributed by atoms with Gasteiger partial charge in [-0.05, 0) is 35.7 Å². The third-order valence-electron chi connectivity index (χ3n) is 1.76. The summed E-state index contributed by atoms with van der Waals surface area (Å²) in [5.74, 6) is -1.14. The van der Waals surface area contributed by atoms with Crippen LogP contribution in [0, 0.1) is 5.92 Å². The highest BCUT2D eigenvalue weighted by Gasteiger charge is 2.23. The molecule has 0 aliphatic rings. The van der Waals surface area contributed by atoms with Crippen molar-refractivity contribution in [2.75, 3.05) is 13.2 Å². The molecule has 16 heavy (non-hydrogen) atoms. The molecule has 0 heterocycles. The lowest BCUT2D eigenvalue weighted by Gasteiger charge is -2.12. The molecule has 4 nitrogen and oxygen atoms in total. The third kappa shape index (κ3) is 4.35. The fraction of sp³-hybridized carbons (Fsp3) is 0.636. The van der Waals surface area contributed by atoms with Gasteiger partial charge in [0.2, 0.25) is 0 Å². The highest BCUT2D eigenvalue weighted by molar-refractivity contribution is 9.12. The van der Waals surface area contributed by atoms with Crippen LogP contribution in [0.3, 0.4) is 0 Å². The number of hydrogen-bond donors (Lipinski definition) is 0. The molecule has 0 aromatic rings. The van der Waals surface area contributed by atoms with Crippen molar-refractivity contribution in [2.45, 2.75) is 27.7 Å². The van der Waals surface area contributed by atoms with Gasteiger partial charge in [0.25, 0.3) is 0 Å². The first-order valence-corrected chi connectivity index (χ1v) is 5.98. The molecule has 0 aliphatic carbocycles. The van der Waals surface area contributed by atoms with Gasteiger partial charge in [-0.25, -0.2) is 9.59 Å². The predicted molar refractivity (Wildman–Crippen MR) is 64.1 cm³/mol. The van der Waals surface area contributed by atoms with Gasteiger partial charge in [-0.3, -0.25) is 0 Å². The van der Waals surface area contributed by atoms with Crippen molar-refractivity contribution in [3.05, 3.63) is 10.1 Å². The van der Waals surface area contributed by atoms with Crippen LogP contribution < -0.4 is 0 Å². The Morgan fingerprint density at radius 2 is 1.50 bits per heavy atom. The molecule has 0 N–H and O–H groups in total. The van der Waals surface area contributed by atoms with E-state index in [1.54, 1.807) is 13.8 Å². The standard InChI is InChI=1S/C11H17BrO4/c1-5-15-10(13)8(7(3)4)9(12)11(14)16-6-2/h7H,5-6H2,1-4H3/b9-8+.